The molecule has 2 saturated heterocycles. The molecule has 1 N–H and O–H groups in total. The van der Waals surface area contributed by atoms with Gasteiger partial charge < -0.3 is 0 Å². The zero-order valence-corrected chi connectivity index (χ0v) is 18.4. The number of amides is 2. The number of sulfonamides is 1. The number of carbonyl (C=O) groups is 2. The van der Waals surface area contributed by atoms with Crippen LogP contribution in [0.2, 0.25) is 0 Å². The normalized spacial score (nSPS) is 21.5. The summed E-state index contributed by atoms with van der Waals surface area (Å²) in [5.74, 6) is -0.304. The van der Waals surface area contributed by atoms with Crippen LogP contribution >= 0.6 is 11.3 Å². The zero-order chi connectivity index (χ0) is 21.3. The highest BCUT2D eigenvalue weighted by Crippen LogP contribution is 2.26. The SMILES string of the molecule is Cc1ccc(S(=O)(=O)NC2CCN(C3CC(=O)N(Cc4ccccc4)C3=O)CC2)s1. The number of nitrogens with one attached hydrogen (secondary N) is 1. The summed E-state index contributed by atoms with van der Waals surface area (Å²) in [4.78, 5) is 29.6. The lowest BCUT2D eigenvalue weighted by atomic mass is 10.0. The highest BCUT2D eigenvalue weighted by Gasteiger charge is 2.42. The first-order valence-corrected chi connectivity index (χ1v) is 12.3. The third-order valence-corrected chi connectivity index (χ3v) is 8.69. The van der Waals surface area contributed by atoms with Crippen molar-refractivity contribution in [2.75, 3.05) is 13.1 Å². The summed E-state index contributed by atoms with van der Waals surface area (Å²) in [5.41, 5.74) is 0.928. The summed E-state index contributed by atoms with van der Waals surface area (Å²) in [6.45, 7) is 3.34. The molecule has 3 heterocycles. The Morgan fingerprint density at radius 2 is 1.77 bits per heavy atom. The predicted molar refractivity (Wildman–Crippen MR) is 114 cm³/mol. The molecule has 1 atom stereocenters. The van der Waals surface area contributed by atoms with Crippen molar-refractivity contribution in [1.29, 1.82) is 0 Å². The van der Waals surface area contributed by atoms with Crippen molar-refractivity contribution in [3.05, 3.63) is 52.9 Å². The van der Waals surface area contributed by atoms with Crippen molar-refractivity contribution in [2.45, 2.75) is 49.0 Å². The minimum atomic E-state index is -3.52. The van der Waals surface area contributed by atoms with Crippen LogP contribution in [0, 0.1) is 6.92 Å². The van der Waals surface area contributed by atoms with Gasteiger partial charge >= 0.3 is 0 Å². The second kappa shape index (κ2) is 8.58. The van der Waals surface area contributed by atoms with Gasteiger partial charge in [-0.1, -0.05) is 30.3 Å². The molecule has 0 bridgehead atoms. The van der Waals surface area contributed by atoms with E-state index in [0.717, 1.165) is 10.4 Å². The van der Waals surface area contributed by atoms with E-state index in [-0.39, 0.29) is 24.3 Å². The van der Waals surface area contributed by atoms with Crippen molar-refractivity contribution in [1.82, 2.24) is 14.5 Å². The monoisotopic (exact) mass is 447 g/mol. The molecular formula is C21H25N3O4S2. The highest BCUT2D eigenvalue weighted by atomic mass is 32.2. The fraction of sp³-hybridized carbons (Fsp3) is 0.429. The number of likely N-dealkylation sites (tertiary alicyclic amines) is 2. The Morgan fingerprint density at radius 3 is 2.40 bits per heavy atom. The zero-order valence-electron chi connectivity index (χ0n) is 16.8. The second-order valence-corrected chi connectivity index (χ2v) is 11.0. The van der Waals surface area contributed by atoms with E-state index in [4.69, 9.17) is 0 Å². The van der Waals surface area contributed by atoms with Crippen LogP contribution < -0.4 is 4.72 Å². The number of aryl methyl sites for hydroxylation is 1. The van der Waals surface area contributed by atoms with Gasteiger partial charge in [0.2, 0.25) is 21.8 Å². The van der Waals surface area contributed by atoms with Crippen molar-refractivity contribution >= 4 is 33.2 Å². The van der Waals surface area contributed by atoms with Gasteiger partial charge in [-0.2, -0.15) is 0 Å². The minimum absolute atomic E-state index is 0.148. The maximum Gasteiger partial charge on any atom is 0.250 e. The smallest absolute Gasteiger partial charge is 0.250 e. The number of carbonyl (C=O) groups excluding carboxylic acids is 2. The fourth-order valence-electron chi connectivity index (χ4n) is 4.05. The Labute approximate surface area is 180 Å². The van der Waals surface area contributed by atoms with Crippen molar-refractivity contribution in [2.24, 2.45) is 0 Å². The molecule has 0 radical (unpaired) electrons. The molecule has 0 aliphatic carbocycles. The van der Waals surface area contributed by atoms with Crippen LogP contribution in [-0.2, 0) is 26.2 Å². The fourth-order valence-corrected chi connectivity index (χ4v) is 6.65. The van der Waals surface area contributed by atoms with Crippen LogP contribution in [0.5, 0.6) is 0 Å². The molecule has 160 valence electrons. The van der Waals surface area contributed by atoms with Gasteiger partial charge in [0.25, 0.3) is 0 Å². The summed E-state index contributed by atoms with van der Waals surface area (Å²) in [5, 5.41) is 0. The van der Waals surface area contributed by atoms with Gasteiger partial charge in [0, 0.05) is 24.0 Å². The lowest BCUT2D eigenvalue weighted by Crippen LogP contribution is -2.50. The van der Waals surface area contributed by atoms with E-state index in [0.29, 0.717) is 36.7 Å². The minimum Gasteiger partial charge on any atom is -0.291 e. The second-order valence-electron chi connectivity index (χ2n) is 7.82. The number of piperidine rings is 1. The molecule has 9 heteroatoms. The van der Waals surface area contributed by atoms with E-state index >= 15 is 0 Å². The molecule has 30 heavy (non-hydrogen) atoms. The lowest BCUT2D eigenvalue weighted by molar-refractivity contribution is -0.140. The summed E-state index contributed by atoms with van der Waals surface area (Å²) in [7, 11) is -3.52. The number of hydrogen-bond acceptors (Lipinski definition) is 6. The topological polar surface area (TPSA) is 86.8 Å². The van der Waals surface area contributed by atoms with Gasteiger partial charge in [0.15, 0.2) is 0 Å². The number of rotatable bonds is 6. The average molecular weight is 448 g/mol. The Morgan fingerprint density at radius 1 is 1.07 bits per heavy atom. The van der Waals surface area contributed by atoms with E-state index in [9.17, 15) is 18.0 Å². The van der Waals surface area contributed by atoms with E-state index in [1.165, 1.54) is 16.2 Å². The molecule has 1 aromatic carbocycles. The molecule has 2 amide bonds. The lowest BCUT2D eigenvalue weighted by Gasteiger charge is -2.34. The molecule has 0 spiro atoms. The van der Waals surface area contributed by atoms with Crippen LogP contribution in [0.15, 0.2) is 46.7 Å². The van der Waals surface area contributed by atoms with Crippen LogP contribution in [0.3, 0.4) is 0 Å². The third kappa shape index (κ3) is 4.49. The third-order valence-electron chi connectivity index (χ3n) is 5.68. The standard InChI is InChI=1S/C21H25N3O4S2/c1-15-7-8-20(29-15)30(27,28)22-17-9-11-23(12-10-17)18-13-19(25)24(21(18)26)14-16-5-3-2-4-6-16/h2-8,17-18,22H,9-14H2,1H3. The Balaban J connectivity index is 1.34. The highest BCUT2D eigenvalue weighted by molar-refractivity contribution is 7.91. The maximum atomic E-state index is 12.9. The molecule has 2 aliphatic rings. The van der Waals surface area contributed by atoms with Gasteiger partial charge in [-0.3, -0.25) is 19.4 Å². The van der Waals surface area contributed by atoms with Crippen molar-refractivity contribution < 1.29 is 18.0 Å². The van der Waals surface area contributed by atoms with Crippen LogP contribution in [0.4, 0.5) is 0 Å². The maximum absolute atomic E-state index is 12.9. The number of benzene rings is 1. The van der Waals surface area contributed by atoms with Crippen molar-refractivity contribution in [3.8, 4) is 0 Å². The Bertz CT molecular complexity index is 1030. The van der Waals surface area contributed by atoms with Crippen LogP contribution in [0.1, 0.15) is 29.7 Å². The molecular weight excluding hydrogens is 422 g/mol. The molecule has 1 aromatic heterocycles. The van der Waals surface area contributed by atoms with Gasteiger partial charge in [-0.25, -0.2) is 13.1 Å². The van der Waals surface area contributed by atoms with Crippen LogP contribution in [0.25, 0.3) is 0 Å². The molecule has 7 nitrogen and oxygen atoms in total. The summed E-state index contributed by atoms with van der Waals surface area (Å²) in [6.07, 6.45) is 1.41. The number of hydrogen-bond donors (Lipinski definition) is 1. The molecule has 2 fully saturated rings. The number of imide groups is 1. The van der Waals surface area contributed by atoms with E-state index in [1.807, 2.05) is 42.2 Å². The summed E-state index contributed by atoms with van der Waals surface area (Å²) >= 11 is 1.26. The molecule has 1 unspecified atom stereocenters. The van der Waals surface area contributed by atoms with Gasteiger partial charge in [0.1, 0.15) is 4.21 Å². The number of nitrogens with zero attached hydrogens (tertiary/aromatic N) is 2. The van der Waals surface area contributed by atoms with E-state index in [1.54, 1.807) is 12.1 Å². The molecule has 2 aliphatic heterocycles. The average Bonchev–Trinajstić information content (AvgIpc) is 3.28. The first-order valence-electron chi connectivity index (χ1n) is 10.0. The first kappa shape index (κ1) is 21.2. The Hall–Kier alpha value is -2.07. The molecule has 2 aromatic rings. The summed E-state index contributed by atoms with van der Waals surface area (Å²) in [6, 6.07) is 12.3. The first-order chi connectivity index (χ1) is 14.3. The summed E-state index contributed by atoms with van der Waals surface area (Å²) < 4.78 is 28.2. The molecule has 0 saturated carbocycles. The Kier molecular flexibility index (Phi) is 6.06. The van der Waals surface area contributed by atoms with Crippen LogP contribution in [-0.4, -0.2) is 55.2 Å². The van der Waals surface area contributed by atoms with E-state index < -0.39 is 16.1 Å². The molecule has 4 rings (SSSR count). The quantitative estimate of drug-likeness (QED) is 0.686. The van der Waals surface area contributed by atoms with Gasteiger partial charge in [-0.05, 0) is 37.5 Å². The van der Waals surface area contributed by atoms with Gasteiger partial charge in [0.05, 0.1) is 19.0 Å². The van der Waals surface area contributed by atoms with Crippen molar-refractivity contribution in [3.63, 3.8) is 0 Å². The van der Waals surface area contributed by atoms with Gasteiger partial charge in [-0.15, -0.1) is 11.3 Å². The van der Waals surface area contributed by atoms with E-state index in [2.05, 4.69) is 4.72 Å². The number of thiophene rings is 1. The predicted octanol–water partition coefficient (Wildman–Crippen LogP) is 2.13. The largest absolute Gasteiger partial charge is 0.291 e.